The highest BCUT2D eigenvalue weighted by Crippen LogP contribution is 2.41. The Morgan fingerprint density at radius 2 is 0.700 bits per heavy atom. The van der Waals surface area contributed by atoms with E-state index >= 15 is 0 Å². The SMILES string of the molecule is C=CC(=O)OCCCc1cc2c(OC)c(c1)Cc1cc(CCCOC(=O)CC)cc(c1OC)Cc1cc(CCCOC(=O)CC(C)=O)cc(c1OC)Cc1cc(CCCOC(=O)C=C)cc(c1OC)C2. The molecule has 0 amide bonds. The average molecular weight is 961 g/mol. The molecular formula is C57H68O13. The minimum atomic E-state index is -0.545. The summed E-state index contributed by atoms with van der Waals surface area (Å²) in [5.41, 5.74) is 11.6. The molecule has 70 heavy (non-hydrogen) atoms. The lowest BCUT2D eigenvalue weighted by atomic mass is 9.87. The van der Waals surface area contributed by atoms with E-state index in [4.69, 9.17) is 37.9 Å². The quantitative estimate of drug-likeness (QED) is 0.0179. The maximum absolute atomic E-state index is 12.3. The minimum Gasteiger partial charge on any atom is -0.496 e. The number of aryl methyl sites for hydroxylation is 4. The second-order valence-electron chi connectivity index (χ2n) is 17.3. The van der Waals surface area contributed by atoms with Crippen LogP contribution in [0.15, 0.2) is 73.8 Å². The van der Waals surface area contributed by atoms with E-state index in [-0.39, 0.29) is 38.0 Å². The Hall–Kier alpha value is -6.89. The lowest BCUT2D eigenvalue weighted by molar-refractivity contribution is -0.146. The highest BCUT2D eigenvalue weighted by atomic mass is 16.5. The first kappa shape index (κ1) is 54.1. The summed E-state index contributed by atoms with van der Waals surface area (Å²) in [4.78, 5) is 59.7. The molecule has 4 aromatic rings. The molecule has 0 heterocycles. The number of benzene rings is 4. The fourth-order valence-electron chi connectivity index (χ4n) is 9.10. The number of fused-ring (bicyclic) bond motifs is 8. The van der Waals surface area contributed by atoms with E-state index in [1.54, 1.807) is 35.4 Å². The molecule has 0 aromatic heterocycles. The zero-order valence-electron chi connectivity index (χ0n) is 41.7. The number of ketones is 1. The number of Topliss-reactive ketones (excluding diaryl/α,β-unsaturated/α-hetero) is 1. The molecule has 1 aliphatic carbocycles. The second-order valence-corrected chi connectivity index (χ2v) is 17.3. The van der Waals surface area contributed by atoms with E-state index in [1.807, 2.05) is 0 Å². The number of methoxy groups -OCH3 is 4. The lowest BCUT2D eigenvalue weighted by Crippen LogP contribution is -2.11. The summed E-state index contributed by atoms with van der Waals surface area (Å²) < 4.78 is 47.0. The monoisotopic (exact) mass is 960 g/mol. The Morgan fingerprint density at radius 1 is 0.443 bits per heavy atom. The summed E-state index contributed by atoms with van der Waals surface area (Å²) in [6, 6.07) is 17.2. The number of rotatable bonds is 25. The van der Waals surface area contributed by atoms with Crippen molar-refractivity contribution in [1.82, 2.24) is 0 Å². The van der Waals surface area contributed by atoms with E-state index in [2.05, 4.69) is 61.7 Å². The molecule has 8 bridgehead atoms. The molecular weight excluding hydrogens is 893 g/mol. The molecule has 0 fully saturated rings. The Kier molecular flexibility index (Phi) is 21.1. The van der Waals surface area contributed by atoms with Gasteiger partial charge in [0, 0.05) is 44.3 Å². The van der Waals surface area contributed by atoms with Gasteiger partial charge in [-0.1, -0.05) is 68.6 Å². The van der Waals surface area contributed by atoms with E-state index < -0.39 is 17.9 Å². The van der Waals surface area contributed by atoms with Crippen LogP contribution < -0.4 is 18.9 Å². The maximum atomic E-state index is 12.3. The number of hydrogen-bond donors (Lipinski definition) is 0. The molecule has 0 radical (unpaired) electrons. The topological polar surface area (TPSA) is 159 Å². The van der Waals surface area contributed by atoms with Crippen LogP contribution in [0.25, 0.3) is 0 Å². The average Bonchev–Trinajstić information content (AvgIpc) is 3.33. The third-order valence-corrected chi connectivity index (χ3v) is 12.0. The van der Waals surface area contributed by atoms with Crippen molar-refractivity contribution in [3.8, 4) is 23.0 Å². The van der Waals surface area contributed by atoms with Crippen LogP contribution in [0.2, 0.25) is 0 Å². The Morgan fingerprint density at radius 3 is 0.929 bits per heavy atom. The van der Waals surface area contributed by atoms with Crippen molar-refractivity contribution < 1.29 is 61.9 Å². The Bertz CT molecular complexity index is 2520. The van der Waals surface area contributed by atoms with Gasteiger partial charge in [-0.2, -0.15) is 0 Å². The molecule has 0 unspecified atom stereocenters. The van der Waals surface area contributed by atoms with Gasteiger partial charge in [0.1, 0.15) is 35.2 Å². The van der Waals surface area contributed by atoms with E-state index in [0.29, 0.717) is 102 Å². The predicted octanol–water partition coefficient (Wildman–Crippen LogP) is 9.06. The summed E-state index contributed by atoms with van der Waals surface area (Å²) in [5, 5.41) is 0. The smallest absolute Gasteiger partial charge is 0.330 e. The van der Waals surface area contributed by atoms with Crippen molar-refractivity contribution >= 4 is 29.7 Å². The molecule has 0 saturated heterocycles. The largest absolute Gasteiger partial charge is 0.496 e. The van der Waals surface area contributed by atoms with E-state index in [1.165, 1.54) is 6.92 Å². The van der Waals surface area contributed by atoms with Crippen molar-refractivity contribution in [2.24, 2.45) is 0 Å². The van der Waals surface area contributed by atoms with Crippen LogP contribution in [-0.4, -0.2) is 84.5 Å². The molecule has 0 atom stereocenters. The fraction of sp³-hybridized carbons (Fsp3) is 0.421. The van der Waals surface area contributed by atoms with Crippen molar-refractivity contribution in [3.63, 3.8) is 0 Å². The molecule has 0 spiro atoms. The van der Waals surface area contributed by atoms with Gasteiger partial charge in [0.05, 0.1) is 54.9 Å². The molecule has 5 rings (SSSR count). The Labute approximate surface area is 412 Å². The molecule has 13 nitrogen and oxygen atoms in total. The number of ether oxygens (including phenoxy) is 8. The summed E-state index contributed by atoms with van der Waals surface area (Å²) in [6.07, 6.45) is 8.88. The van der Waals surface area contributed by atoms with Crippen LogP contribution in [-0.2, 0) is 94.3 Å². The van der Waals surface area contributed by atoms with Gasteiger partial charge in [-0.3, -0.25) is 14.4 Å². The number of esters is 4. The molecule has 0 aliphatic heterocycles. The molecule has 0 N–H and O–H groups in total. The fourth-order valence-corrected chi connectivity index (χ4v) is 9.10. The molecule has 4 aromatic carbocycles. The highest BCUT2D eigenvalue weighted by Gasteiger charge is 2.24. The molecule has 13 heteroatoms. The maximum Gasteiger partial charge on any atom is 0.330 e. The zero-order valence-corrected chi connectivity index (χ0v) is 41.7. The molecule has 374 valence electrons. The lowest BCUT2D eigenvalue weighted by Gasteiger charge is -2.23. The van der Waals surface area contributed by atoms with Gasteiger partial charge in [0.25, 0.3) is 0 Å². The zero-order chi connectivity index (χ0) is 50.6. The first-order valence-corrected chi connectivity index (χ1v) is 24.0. The standard InChI is InChI=1S/C57H68O13/c1-9-50(59)67-20-12-16-38-25-42-33-44-27-39(17-13-21-68-51(60)10-2)29-46(55(44)64-6)35-48-31-41(19-15-23-70-53(62)24-37(4)58)32-49(57(48)66-8)36-47-30-40(18-14-22-69-52(61)11-3)28-45(56(47)65-7)34-43(26-38)54(42)63-5/h9-10,25-32H,1-2,11-24,33-36H2,3-8H3. The number of hydrogen-bond acceptors (Lipinski definition) is 13. The second kappa shape index (κ2) is 27.3. The third-order valence-electron chi connectivity index (χ3n) is 12.0. The number of carbonyl (C=O) groups is 5. The number of carbonyl (C=O) groups excluding carboxylic acids is 5. The molecule has 0 saturated carbocycles. The first-order chi connectivity index (χ1) is 33.8. The minimum absolute atomic E-state index is 0.158. The van der Waals surface area contributed by atoms with E-state index in [9.17, 15) is 24.0 Å². The van der Waals surface area contributed by atoms with Gasteiger partial charge in [0.2, 0.25) is 0 Å². The van der Waals surface area contributed by atoms with Crippen molar-refractivity contribution in [2.45, 2.75) is 104 Å². The van der Waals surface area contributed by atoms with Gasteiger partial charge >= 0.3 is 23.9 Å². The van der Waals surface area contributed by atoms with Crippen LogP contribution in [0.4, 0.5) is 0 Å². The van der Waals surface area contributed by atoms with Gasteiger partial charge in [-0.05, 0) is 125 Å². The van der Waals surface area contributed by atoms with E-state index in [0.717, 1.165) is 90.4 Å². The van der Waals surface area contributed by atoms with Gasteiger partial charge in [0.15, 0.2) is 0 Å². The summed E-state index contributed by atoms with van der Waals surface area (Å²) >= 11 is 0. The van der Waals surface area contributed by atoms with Crippen LogP contribution in [0, 0.1) is 0 Å². The van der Waals surface area contributed by atoms with Gasteiger partial charge in [-0.25, -0.2) is 9.59 Å². The first-order valence-electron chi connectivity index (χ1n) is 24.0. The van der Waals surface area contributed by atoms with Gasteiger partial charge < -0.3 is 37.9 Å². The Balaban J connectivity index is 1.73. The normalized spacial score (nSPS) is 11.7. The van der Waals surface area contributed by atoms with Crippen LogP contribution in [0.3, 0.4) is 0 Å². The van der Waals surface area contributed by atoms with Gasteiger partial charge in [-0.15, -0.1) is 0 Å². The van der Waals surface area contributed by atoms with Crippen molar-refractivity contribution in [1.29, 1.82) is 0 Å². The molecule has 1 aliphatic rings. The van der Waals surface area contributed by atoms with Crippen molar-refractivity contribution in [3.05, 3.63) is 141 Å². The van der Waals surface area contributed by atoms with Crippen LogP contribution >= 0.6 is 0 Å². The predicted molar refractivity (Wildman–Crippen MR) is 266 cm³/mol. The summed E-state index contributed by atoms with van der Waals surface area (Å²) in [6.45, 7) is 11.1. The van der Waals surface area contributed by atoms with Crippen LogP contribution in [0.1, 0.15) is 119 Å². The highest BCUT2D eigenvalue weighted by molar-refractivity contribution is 5.94. The van der Waals surface area contributed by atoms with Crippen molar-refractivity contribution in [2.75, 3.05) is 54.9 Å². The van der Waals surface area contributed by atoms with Crippen LogP contribution in [0.5, 0.6) is 23.0 Å². The summed E-state index contributed by atoms with van der Waals surface area (Å²) in [7, 11) is 6.71. The summed E-state index contributed by atoms with van der Waals surface area (Å²) in [5.74, 6) is 0.894. The third kappa shape index (κ3) is 15.6.